The fourth-order valence-electron chi connectivity index (χ4n) is 3.14. The number of para-hydroxylation sites is 1. The van der Waals surface area contributed by atoms with Crippen molar-refractivity contribution in [2.75, 3.05) is 33.3 Å². The normalized spacial score (nSPS) is 14.8. The number of nitrogens with zero attached hydrogens (tertiary/aromatic N) is 1. The molecule has 3 rings (SSSR count). The van der Waals surface area contributed by atoms with E-state index in [0.717, 1.165) is 18.8 Å². The van der Waals surface area contributed by atoms with Crippen LogP contribution in [0.2, 0.25) is 0 Å². The topological polar surface area (TPSA) is 102 Å². The second-order valence-corrected chi connectivity index (χ2v) is 6.96. The number of amides is 1. The van der Waals surface area contributed by atoms with Crippen molar-refractivity contribution in [1.29, 1.82) is 0 Å². The van der Waals surface area contributed by atoms with Crippen LogP contribution in [0.5, 0.6) is 5.75 Å². The van der Waals surface area contributed by atoms with Gasteiger partial charge in [-0.1, -0.05) is 48.5 Å². The molecule has 0 radical (unpaired) electrons. The van der Waals surface area contributed by atoms with E-state index in [1.54, 1.807) is 36.3 Å². The minimum absolute atomic E-state index is 0. The van der Waals surface area contributed by atoms with Gasteiger partial charge in [0.15, 0.2) is 12.1 Å². The van der Waals surface area contributed by atoms with Crippen LogP contribution in [0.4, 0.5) is 4.39 Å². The number of hydrogen-bond acceptors (Lipinski definition) is 5. The molecular weight excluding hydrogens is 437 g/mol. The molecule has 7 nitrogen and oxygen atoms in total. The van der Waals surface area contributed by atoms with E-state index in [2.05, 4.69) is 10.6 Å². The molecule has 2 unspecified atom stereocenters. The summed E-state index contributed by atoms with van der Waals surface area (Å²) in [6.07, 6.45) is -1.28. The highest BCUT2D eigenvalue weighted by molar-refractivity contribution is 6.01. The summed E-state index contributed by atoms with van der Waals surface area (Å²) < 4.78 is 19.4. The van der Waals surface area contributed by atoms with Gasteiger partial charge >= 0.3 is 0 Å². The quantitative estimate of drug-likeness (QED) is 0.478. The number of ketones is 1. The molecule has 0 spiro atoms. The maximum atomic E-state index is 14.5. The van der Waals surface area contributed by atoms with Crippen molar-refractivity contribution in [2.24, 2.45) is 0 Å². The Morgan fingerprint density at radius 2 is 1.59 bits per heavy atom. The first-order valence-electron chi connectivity index (χ1n) is 10.1. The fourth-order valence-corrected chi connectivity index (χ4v) is 3.14. The van der Waals surface area contributed by atoms with Crippen LogP contribution in [-0.4, -0.2) is 67.7 Å². The zero-order valence-corrected chi connectivity index (χ0v) is 19.2. The van der Waals surface area contributed by atoms with Gasteiger partial charge in [0.2, 0.25) is 5.91 Å². The molecule has 9 heteroatoms. The first-order valence-corrected chi connectivity index (χ1v) is 10.1. The average Bonchev–Trinajstić information content (AvgIpc) is 2.80. The van der Waals surface area contributed by atoms with Gasteiger partial charge in [-0.05, 0) is 12.1 Å². The van der Waals surface area contributed by atoms with E-state index in [0.29, 0.717) is 18.7 Å². The van der Waals surface area contributed by atoms with Crippen LogP contribution < -0.4 is 15.4 Å². The van der Waals surface area contributed by atoms with Gasteiger partial charge in [-0.3, -0.25) is 14.5 Å². The molecule has 2 aromatic rings. The SMILES string of the molecule is CC(=O)NC(CC(F)N1CCNCC1)C(=O)c1ccccc1.COc1ccccc1.Cl.O. The Hall–Kier alpha value is -2.52. The van der Waals surface area contributed by atoms with Crippen LogP contribution in [0.3, 0.4) is 0 Å². The van der Waals surface area contributed by atoms with E-state index in [-0.39, 0.29) is 36.0 Å². The standard InChI is InChI=1S/C16H22FN3O2.C7H8O.ClH.H2O/c1-12(21)19-14(16(22)13-5-3-2-4-6-13)11-15(17)20-9-7-18-8-10-20;1-8-7-5-3-2-4-6-7;;/h2-6,14-15,18H,7-11H2,1H3,(H,19,21);2-6H,1H3;1H;1H2. The molecule has 2 aromatic carbocycles. The van der Waals surface area contributed by atoms with Crippen LogP contribution in [0.15, 0.2) is 60.7 Å². The van der Waals surface area contributed by atoms with Crippen molar-refractivity contribution in [1.82, 2.24) is 15.5 Å². The number of alkyl halides is 1. The number of rotatable bonds is 7. The van der Waals surface area contributed by atoms with E-state index >= 15 is 0 Å². The molecule has 0 bridgehead atoms. The second kappa shape index (κ2) is 16.2. The number of carbonyl (C=O) groups excluding carboxylic acids is 2. The van der Waals surface area contributed by atoms with E-state index in [4.69, 9.17) is 4.74 Å². The number of halogens is 2. The van der Waals surface area contributed by atoms with Crippen molar-refractivity contribution >= 4 is 24.1 Å². The predicted molar refractivity (Wildman–Crippen MR) is 126 cm³/mol. The van der Waals surface area contributed by atoms with Gasteiger partial charge in [0, 0.05) is 45.1 Å². The summed E-state index contributed by atoms with van der Waals surface area (Å²) in [6, 6.07) is 17.5. The van der Waals surface area contributed by atoms with Crippen LogP contribution in [0.25, 0.3) is 0 Å². The van der Waals surface area contributed by atoms with Crippen LogP contribution in [0, 0.1) is 0 Å². The average molecular weight is 470 g/mol. The Morgan fingerprint density at radius 3 is 2.06 bits per heavy atom. The number of methoxy groups -OCH3 is 1. The molecule has 0 saturated carbocycles. The number of benzene rings is 2. The van der Waals surface area contributed by atoms with Crippen molar-refractivity contribution in [3.8, 4) is 5.75 Å². The molecule has 32 heavy (non-hydrogen) atoms. The highest BCUT2D eigenvalue weighted by Crippen LogP contribution is 2.14. The summed E-state index contributed by atoms with van der Waals surface area (Å²) in [5.74, 6) is 0.322. The molecule has 1 aliphatic rings. The Kier molecular flexibility index (Phi) is 14.9. The third kappa shape index (κ3) is 10.2. The van der Waals surface area contributed by atoms with Crippen LogP contribution >= 0.6 is 12.4 Å². The highest BCUT2D eigenvalue weighted by Gasteiger charge is 2.28. The zero-order valence-electron chi connectivity index (χ0n) is 18.4. The van der Waals surface area contributed by atoms with Crippen LogP contribution in [-0.2, 0) is 4.79 Å². The number of hydrogen-bond donors (Lipinski definition) is 2. The predicted octanol–water partition coefficient (Wildman–Crippen LogP) is 2.26. The molecule has 1 aliphatic heterocycles. The highest BCUT2D eigenvalue weighted by atomic mass is 35.5. The summed E-state index contributed by atoms with van der Waals surface area (Å²) in [4.78, 5) is 25.5. The lowest BCUT2D eigenvalue weighted by Gasteiger charge is -2.31. The van der Waals surface area contributed by atoms with Crippen molar-refractivity contribution in [3.05, 3.63) is 66.2 Å². The maximum Gasteiger partial charge on any atom is 0.217 e. The molecule has 2 atom stereocenters. The summed E-state index contributed by atoms with van der Waals surface area (Å²) in [6.45, 7) is 4.01. The number of ether oxygens (including phenoxy) is 1. The lowest BCUT2D eigenvalue weighted by Crippen LogP contribution is -2.50. The molecule has 1 saturated heterocycles. The first kappa shape index (κ1) is 29.5. The van der Waals surface area contributed by atoms with Gasteiger partial charge in [0.05, 0.1) is 13.2 Å². The number of Topliss-reactive ketones (excluding diaryl/α,β-unsaturated/α-hetero) is 1. The summed E-state index contributed by atoms with van der Waals surface area (Å²) in [7, 11) is 1.66. The molecule has 1 fully saturated rings. The number of piperazine rings is 1. The maximum absolute atomic E-state index is 14.5. The number of carbonyl (C=O) groups is 2. The summed E-state index contributed by atoms with van der Waals surface area (Å²) >= 11 is 0. The largest absolute Gasteiger partial charge is 0.497 e. The monoisotopic (exact) mass is 469 g/mol. The Labute approximate surface area is 195 Å². The third-order valence-corrected chi connectivity index (χ3v) is 4.71. The van der Waals surface area contributed by atoms with Crippen molar-refractivity contribution in [3.63, 3.8) is 0 Å². The first-order chi connectivity index (χ1) is 14.5. The van der Waals surface area contributed by atoms with E-state index < -0.39 is 12.3 Å². The lowest BCUT2D eigenvalue weighted by molar-refractivity contribution is -0.119. The minimum atomic E-state index is -1.24. The Morgan fingerprint density at radius 1 is 1.06 bits per heavy atom. The molecule has 0 aromatic heterocycles. The van der Waals surface area contributed by atoms with Gasteiger partial charge in [-0.2, -0.15) is 0 Å². The fraction of sp³-hybridized carbons (Fsp3) is 0.391. The van der Waals surface area contributed by atoms with Crippen LogP contribution in [0.1, 0.15) is 23.7 Å². The minimum Gasteiger partial charge on any atom is -0.497 e. The molecule has 1 amide bonds. The Bertz CT molecular complexity index is 777. The molecule has 4 N–H and O–H groups in total. The molecule has 0 aliphatic carbocycles. The smallest absolute Gasteiger partial charge is 0.217 e. The molecule has 1 heterocycles. The van der Waals surface area contributed by atoms with Crippen molar-refractivity contribution < 1.29 is 24.2 Å². The Balaban J connectivity index is 0.000000816. The van der Waals surface area contributed by atoms with E-state index in [9.17, 15) is 14.0 Å². The second-order valence-electron chi connectivity index (χ2n) is 6.96. The van der Waals surface area contributed by atoms with Gasteiger partial charge in [0.25, 0.3) is 0 Å². The zero-order chi connectivity index (χ0) is 21.8. The van der Waals surface area contributed by atoms with Crippen molar-refractivity contribution in [2.45, 2.75) is 25.7 Å². The molecule has 178 valence electrons. The van der Waals surface area contributed by atoms with Gasteiger partial charge in [-0.15, -0.1) is 12.4 Å². The molecular formula is C23H33ClFN3O4. The van der Waals surface area contributed by atoms with Gasteiger partial charge < -0.3 is 20.8 Å². The summed E-state index contributed by atoms with van der Waals surface area (Å²) in [5.41, 5.74) is 0.480. The van der Waals surface area contributed by atoms with E-state index in [1.807, 2.05) is 36.4 Å². The summed E-state index contributed by atoms with van der Waals surface area (Å²) in [5, 5.41) is 5.74. The number of nitrogens with one attached hydrogen (secondary N) is 2. The van der Waals surface area contributed by atoms with Gasteiger partial charge in [-0.25, -0.2) is 4.39 Å². The van der Waals surface area contributed by atoms with E-state index in [1.165, 1.54) is 6.92 Å². The lowest BCUT2D eigenvalue weighted by atomic mass is 10.0. The van der Waals surface area contributed by atoms with Gasteiger partial charge in [0.1, 0.15) is 5.75 Å². The third-order valence-electron chi connectivity index (χ3n) is 4.71.